The number of ether oxygens (including phenoxy) is 1. The van der Waals surface area contributed by atoms with E-state index in [2.05, 4.69) is 13.8 Å². The highest BCUT2D eigenvalue weighted by Gasteiger charge is 2.33. The minimum atomic E-state index is -0.487. The lowest BCUT2D eigenvalue weighted by Gasteiger charge is -2.40. The molecule has 0 aromatic rings. The average molecular weight is 271 g/mol. The van der Waals surface area contributed by atoms with Crippen molar-refractivity contribution in [1.29, 1.82) is 0 Å². The zero-order valence-corrected chi connectivity index (χ0v) is 13.0. The number of nitrogens with zero attached hydrogens (tertiary/aromatic N) is 1. The average Bonchev–Trinajstić information content (AvgIpc) is 2.24. The van der Waals surface area contributed by atoms with Gasteiger partial charge in [-0.3, -0.25) is 0 Å². The zero-order chi connectivity index (χ0) is 14.7. The van der Waals surface area contributed by atoms with E-state index >= 15 is 0 Å². The molecule has 0 atom stereocenters. The van der Waals surface area contributed by atoms with Crippen molar-refractivity contribution in [3.8, 4) is 0 Å². The fourth-order valence-electron chi connectivity index (χ4n) is 2.55. The summed E-state index contributed by atoms with van der Waals surface area (Å²) in [7, 11) is 0. The van der Waals surface area contributed by atoms with E-state index in [1.807, 2.05) is 20.8 Å². The van der Waals surface area contributed by atoms with Crippen molar-refractivity contribution < 1.29 is 14.6 Å². The molecule has 1 amide bonds. The Kier molecular flexibility index (Phi) is 5.25. The van der Waals surface area contributed by atoms with Crippen LogP contribution in [-0.2, 0) is 4.74 Å². The lowest BCUT2D eigenvalue weighted by atomic mass is 9.75. The molecule has 1 aliphatic rings. The van der Waals surface area contributed by atoms with Gasteiger partial charge in [-0.1, -0.05) is 13.8 Å². The van der Waals surface area contributed by atoms with E-state index < -0.39 is 5.60 Å². The first-order valence-corrected chi connectivity index (χ1v) is 7.25. The Hall–Kier alpha value is -0.770. The van der Waals surface area contributed by atoms with Crippen molar-refractivity contribution in [3.05, 3.63) is 0 Å². The van der Waals surface area contributed by atoms with Crippen LogP contribution in [-0.4, -0.2) is 40.9 Å². The number of carbonyl (C=O) groups excluding carboxylic acids is 1. The van der Waals surface area contributed by atoms with Crippen LogP contribution in [0.4, 0.5) is 4.79 Å². The van der Waals surface area contributed by atoms with Crippen molar-refractivity contribution in [2.24, 2.45) is 5.41 Å². The van der Waals surface area contributed by atoms with Crippen molar-refractivity contribution in [1.82, 2.24) is 4.90 Å². The molecule has 112 valence electrons. The Labute approximate surface area is 117 Å². The van der Waals surface area contributed by atoms with Crippen molar-refractivity contribution >= 4 is 6.09 Å². The number of carbonyl (C=O) groups is 1. The van der Waals surface area contributed by atoms with Crippen LogP contribution in [0.25, 0.3) is 0 Å². The van der Waals surface area contributed by atoms with E-state index in [9.17, 15) is 4.79 Å². The van der Waals surface area contributed by atoms with Gasteiger partial charge in [0.1, 0.15) is 5.60 Å². The lowest BCUT2D eigenvalue weighted by molar-refractivity contribution is 0.00332. The molecule has 0 spiro atoms. The lowest BCUT2D eigenvalue weighted by Crippen LogP contribution is -2.47. The third-order valence-electron chi connectivity index (χ3n) is 3.72. The normalized spacial score (nSPS) is 20.1. The summed E-state index contributed by atoms with van der Waals surface area (Å²) in [6.45, 7) is 10.5. The molecular weight excluding hydrogens is 242 g/mol. The van der Waals surface area contributed by atoms with Crippen LogP contribution < -0.4 is 0 Å². The van der Waals surface area contributed by atoms with Crippen LogP contribution in [0.2, 0.25) is 0 Å². The molecule has 0 bridgehead atoms. The molecule has 0 aromatic carbocycles. The summed E-state index contributed by atoms with van der Waals surface area (Å²) < 4.78 is 5.43. The van der Waals surface area contributed by atoms with Gasteiger partial charge >= 0.3 is 6.09 Å². The number of hydrogen-bond donors (Lipinski definition) is 1. The van der Waals surface area contributed by atoms with Crippen LogP contribution in [0.15, 0.2) is 0 Å². The molecule has 0 aliphatic heterocycles. The molecule has 1 rings (SSSR count). The van der Waals surface area contributed by atoms with E-state index in [1.165, 1.54) is 0 Å². The van der Waals surface area contributed by atoms with Gasteiger partial charge in [0.05, 0.1) is 6.61 Å². The molecule has 0 aromatic heterocycles. The second-order valence-corrected chi connectivity index (χ2v) is 7.29. The van der Waals surface area contributed by atoms with Gasteiger partial charge in [-0.05, 0) is 51.9 Å². The van der Waals surface area contributed by atoms with Crippen LogP contribution >= 0.6 is 0 Å². The molecule has 0 saturated heterocycles. The zero-order valence-electron chi connectivity index (χ0n) is 13.0. The van der Waals surface area contributed by atoms with Crippen LogP contribution in [0.1, 0.15) is 60.3 Å². The third kappa shape index (κ3) is 5.39. The fourth-order valence-corrected chi connectivity index (χ4v) is 2.55. The summed E-state index contributed by atoms with van der Waals surface area (Å²) in [5, 5.41) is 9.17. The highest BCUT2D eigenvalue weighted by molar-refractivity contribution is 5.68. The smallest absolute Gasteiger partial charge is 0.410 e. The highest BCUT2D eigenvalue weighted by atomic mass is 16.6. The minimum absolute atomic E-state index is 0.0147. The molecule has 1 saturated carbocycles. The second kappa shape index (κ2) is 6.12. The standard InChI is InChI=1S/C15H29NO3/c1-14(2,3)19-13(18)16(10-11-17)12-6-8-15(4,5)9-7-12/h12,17H,6-11H2,1-5H3. The Balaban J connectivity index is 2.65. The van der Waals surface area contributed by atoms with Crippen molar-refractivity contribution in [2.75, 3.05) is 13.2 Å². The summed E-state index contributed by atoms with van der Waals surface area (Å²) in [5.74, 6) is 0. The summed E-state index contributed by atoms with van der Waals surface area (Å²) >= 11 is 0. The van der Waals surface area contributed by atoms with Gasteiger partial charge < -0.3 is 14.7 Å². The SMILES string of the molecule is CC1(C)CCC(N(CCO)C(=O)OC(C)(C)C)CC1. The van der Waals surface area contributed by atoms with Gasteiger partial charge in [0.2, 0.25) is 0 Å². The van der Waals surface area contributed by atoms with Gasteiger partial charge in [0.25, 0.3) is 0 Å². The molecule has 1 N–H and O–H groups in total. The Bertz CT molecular complexity index is 297. The van der Waals surface area contributed by atoms with Gasteiger partial charge in [0, 0.05) is 12.6 Å². The molecule has 0 unspecified atom stereocenters. The van der Waals surface area contributed by atoms with E-state index in [-0.39, 0.29) is 18.7 Å². The van der Waals surface area contributed by atoms with Gasteiger partial charge in [-0.2, -0.15) is 0 Å². The summed E-state index contributed by atoms with van der Waals surface area (Å²) in [4.78, 5) is 13.9. The maximum Gasteiger partial charge on any atom is 0.410 e. The van der Waals surface area contributed by atoms with Crippen molar-refractivity contribution in [2.45, 2.75) is 71.9 Å². The maximum absolute atomic E-state index is 12.2. The highest BCUT2D eigenvalue weighted by Crippen LogP contribution is 2.37. The molecule has 19 heavy (non-hydrogen) atoms. The predicted octanol–water partition coefficient (Wildman–Crippen LogP) is 3.18. The minimum Gasteiger partial charge on any atom is -0.444 e. The first-order valence-electron chi connectivity index (χ1n) is 7.25. The summed E-state index contributed by atoms with van der Waals surface area (Å²) in [6, 6.07) is 0.204. The second-order valence-electron chi connectivity index (χ2n) is 7.29. The largest absolute Gasteiger partial charge is 0.444 e. The summed E-state index contributed by atoms with van der Waals surface area (Å²) in [6.07, 6.45) is 3.91. The van der Waals surface area contributed by atoms with E-state index in [0.717, 1.165) is 25.7 Å². The third-order valence-corrected chi connectivity index (χ3v) is 3.72. The van der Waals surface area contributed by atoms with Gasteiger partial charge in [0.15, 0.2) is 0 Å². The Morgan fingerprint density at radius 1 is 1.32 bits per heavy atom. The predicted molar refractivity (Wildman–Crippen MR) is 76.1 cm³/mol. The number of aliphatic hydroxyl groups excluding tert-OH is 1. The number of hydrogen-bond acceptors (Lipinski definition) is 3. The summed E-state index contributed by atoms with van der Waals surface area (Å²) in [5.41, 5.74) is -0.117. The Morgan fingerprint density at radius 2 is 1.84 bits per heavy atom. The monoisotopic (exact) mass is 271 g/mol. The van der Waals surface area contributed by atoms with E-state index in [1.54, 1.807) is 4.90 Å². The Morgan fingerprint density at radius 3 is 2.26 bits per heavy atom. The fraction of sp³-hybridized carbons (Fsp3) is 0.933. The topological polar surface area (TPSA) is 49.8 Å². The van der Waals surface area contributed by atoms with Crippen molar-refractivity contribution in [3.63, 3.8) is 0 Å². The number of amides is 1. The molecule has 1 fully saturated rings. The van der Waals surface area contributed by atoms with Crippen LogP contribution in [0.5, 0.6) is 0 Å². The molecule has 4 nitrogen and oxygen atoms in total. The first kappa shape index (κ1) is 16.3. The maximum atomic E-state index is 12.2. The molecule has 0 radical (unpaired) electrons. The first-order chi connectivity index (χ1) is 8.64. The number of rotatable bonds is 3. The molecular formula is C15H29NO3. The van der Waals surface area contributed by atoms with Crippen LogP contribution in [0, 0.1) is 5.41 Å². The molecule has 0 heterocycles. The quantitative estimate of drug-likeness (QED) is 0.857. The van der Waals surface area contributed by atoms with Crippen LogP contribution in [0.3, 0.4) is 0 Å². The van der Waals surface area contributed by atoms with Gasteiger partial charge in [-0.15, -0.1) is 0 Å². The molecule has 1 aliphatic carbocycles. The van der Waals surface area contributed by atoms with E-state index in [0.29, 0.717) is 12.0 Å². The van der Waals surface area contributed by atoms with Gasteiger partial charge in [-0.25, -0.2) is 4.79 Å². The molecule has 4 heteroatoms. The number of aliphatic hydroxyl groups is 1. The van der Waals surface area contributed by atoms with E-state index in [4.69, 9.17) is 9.84 Å².